The molecule has 0 bridgehead atoms. The lowest BCUT2D eigenvalue weighted by atomic mass is 10.0. The van der Waals surface area contributed by atoms with Crippen molar-refractivity contribution in [1.82, 2.24) is 15.1 Å². The molecule has 2 heterocycles. The second-order valence-electron chi connectivity index (χ2n) is 5.54. The van der Waals surface area contributed by atoms with E-state index in [0.717, 1.165) is 17.8 Å². The van der Waals surface area contributed by atoms with Crippen molar-refractivity contribution in [3.63, 3.8) is 0 Å². The van der Waals surface area contributed by atoms with Crippen LogP contribution in [0.5, 0.6) is 0 Å². The third-order valence-corrected chi connectivity index (χ3v) is 4.73. The average Bonchev–Trinajstić information content (AvgIpc) is 2.95. The van der Waals surface area contributed by atoms with E-state index in [1.54, 1.807) is 4.90 Å². The molecule has 1 saturated heterocycles. The van der Waals surface area contributed by atoms with E-state index in [1.165, 1.54) is 11.3 Å². The topological polar surface area (TPSA) is 75.2 Å². The Hall–Kier alpha value is -1.50. The van der Waals surface area contributed by atoms with Crippen molar-refractivity contribution in [2.75, 3.05) is 11.9 Å². The fourth-order valence-corrected chi connectivity index (χ4v) is 3.16. The first-order valence-electron chi connectivity index (χ1n) is 7.46. The summed E-state index contributed by atoms with van der Waals surface area (Å²) in [7, 11) is 0. The highest BCUT2D eigenvalue weighted by atomic mass is 32.1. The van der Waals surface area contributed by atoms with Gasteiger partial charge < -0.3 is 4.90 Å². The number of hydrogen-bond acceptors (Lipinski definition) is 5. The van der Waals surface area contributed by atoms with Gasteiger partial charge in [-0.15, -0.1) is 10.2 Å². The van der Waals surface area contributed by atoms with Gasteiger partial charge in [0.25, 0.3) is 0 Å². The molecule has 0 spiro atoms. The van der Waals surface area contributed by atoms with Gasteiger partial charge in [0.2, 0.25) is 16.9 Å². The lowest BCUT2D eigenvalue weighted by molar-refractivity contribution is -0.140. The van der Waals surface area contributed by atoms with Crippen LogP contribution in [0.15, 0.2) is 0 Å². The highest BCUT2D eigenvalue weighted by molar-refractivity contribution is 7.15. The number of carbonyl (C=O) groups excluding carboxylic acids is 2. The van der Waals surface area contributed by atoms with Crippen molar-refractivity contribution in [1.29, 1.82) is 0 Å². The predicted molar refractivity (Wildman–Crippen MR) is 82.3 cm³/mol. The number of piperidine rings is 1. The molecule has 116 valence electrons. The molecule has 1 fully saturated rings. The van der Waals surface area contributed by atoms with Crippen molar-refractivity contribution in [2.24, 2.45) is 0 Å². The van der Waals surface area contributed by atoms with Gasteiger partial charge in [0.15, 0.2) is 0 Å². The minimum atomic E-state index is -0.377. The Morgan fingerprint density at radius 3 is 2.76 bits per heavy atom. The molecule has 0 radical (unpaired) electrons. The van der Waals surface area contributed by atoms with Crippen molar-refractivity contribution in [2.45, 2.75) is 58.4 Å². The minimum Gasteiger partial charge on any atom is -0.331 e. The maximum Gasteiger partial charge on any atom is 0.249 e. The molecule has 1 aliphatic heterocycles. The first-order valence-corrected chi connectivity index (χ1v) is 8.28. The Bertz CT molecular complexity index is 515. The average molecular weight is 310 g/mol. The van der Waals surface area contributed by atoms with Gasteiger partial charge in [-0.25, -0.2) is 0 Å². The first-order chi connectivity index (χ1) is 10.0. The maximum atomic E-state index is 12.4. The van der Waals surface area contributed by atoms with E-state index in [0.29, 0.717) is 30.4 Å². The smallest absolute Gasteiger partial charge is 0.249 e. The highest BCUT2D eigenvalue weighted by Gasteiger charge is 2.31. The summed E-state index contributed by atoms with van der Waals surface area (Å²) in [5.41, 5.74) is 0. The minimum absolute atomic E-state index is 0.0370. The predicted octanol–water partition coefficient (Wildman–Crippen LogP) is 2.39. The van der Waals surface area contributed by atoms with Crippen molar-refractivity contribution < 1.29 is 9.59 Å². The van der Waals surface area contributed by atoms with E-state index in [9.17, 15) is 9.59 Å². The fraction of sp³-hybridized carbons (Fsp3) is 0.714. The normalized spacial score (nSPS) is 18.9. The number of aromatic nitrogens is 2. The highest BCUT2D eigenvalue weighted by Crippen LogP contribution is 2.24. The van der Waals surface area contributed by atoms with Gasteiger partial charge in [-0.3, -0.25) is 14.9 Å². The molecule has 2 amide bonds. The summed E-state index contributed by atoms with van der Waals surface area (Å²) in [6.45, 7) is 6.56. The van der Waals surface area contributed by atoms with Gasteiger partial charge in [-0.2, -0.15) is 0 Å². The number of likely N-dealkylation sites (tertiary alicyclic amines) is 1. The quantitative estimate of drug-likeness (QED) is 0.926. The van der Waals surface area contributed by atoms with Crippen LogP contribution in [0.4, 0.5) is 5.13 Å². The van der Waals surface area contributed by atoms with E-state index in [2.05, 4.69) is 15.5 Å². The summed E-state index contributed by atoms with van der Waals surface area (Å²) < 4.78 is 0. The zero-order valence-corrected chi connectivity index (χ0v) is 13.6. The van der Waals surface area contributed by atoms with E-state index in [-0.39, 0.29) is 17.9 Å². The molecule has 2 rings (SSSR count). The number of nitrogens with zero attached hydrogens (tertiary/aromatic N) is 3. The van der Waals surface area contributed by atoms with Crippen LogP contribution in [0.25, 0.3) is 0 Å². The molecule has 1 aliphatic rings. The van der Waals surface area contributed by atoms with Gasteiger partial charge in [-0.1, -0.05) is 32.1 Å². The van der Waals surface area contributed by atoms with Gasteiger partial charge in [-0.05, 0) is 19.3 Å². The van der Waals surface area contributed by atoms with Crippen LogP contribution in [0.3, 0.4) is 0 Å². The number of hydrogen-bond donors (Lipinski definition) is 1. The molecule has 0 aromatic carbocycles. The molecular weight excluding hydrogens is 288 g/mol. The Morgan fingerprint density at radius 1 is 1.38 bits per heavy atom. The van der Waals surface area contributed by atoms with Crippen LogP contribution in [0.1, 0.15) is 57.4 Å². The van der Waals surface area contributed by atoms with E-state index in [1.807, 2.05) is 20.8 Å². The number of amides is 2. The summed E-state index contributed by atoms with van der Waals surface area (Å²) in [6.07, 6.45) is 3.08. The van der Waals surface area contributed by atoms with Crippen LogP contribution in [-0.2, 0) is 9.59 Å². The van der Waals surface area contributed by atoms with Crippen LogP contribution >= 0.6 is 11.3 Å². The SMILES string of the molecule is CCC(=O)N1CCCC[C@H]1C(=O)Nc1nnc(C(C)C)s1. The Balaban J connectivity index is 2.04. The molecule has 0 saturated carbocycles. The summed E-state index contributed by atoms with van der Waals surface area (Å²) >= 11 is 1.39. The van der Waals surface area contributed by atoms with E-state index in [4.69, 9.17) is 0 Å². The monoisotopic (exact) mass is 310 g/mol. The molecule has 1 aromatic heterocycles. The van der Waals surface area contributed by atoms with E-state index >= 15 is 0 Å². The Labute approximate surface area is 128 Å². The third-order valence-electron chi connectivity index (χ3n) is 3.59. The second kappa shape index (κ2) is 6.98. The van der Waals surface area contributed by atoms with Gasteiger partial charge in [0.05, 0.1) is 0 Å². The van der Waals surface area contributed by atoms with Crippen LogP contribution in [0.2, 0.25) is 0 Å². The standard InChI is InChI=1S/C14H22N4O2S/c1-4-11(19)18-8-6-5-7-10(18)12(20)15-14-17-16-13(21-14)9(2)3/h9-10H,4-8H2,1-3H3,(H,15,17,20)/t10-/m0/s1. The second-order valence-corrected chi connectivity index (χ2v) is 6.55. The zero-order chi connectivity index (χ0) is 15.4. The molecular formula is C14H22N4O2S. The molecule has 6 nitrogen and oxygen atoms in total. The molecule has 7 heteroatoms. The molecule has 0 aliphatic carbocycles. The molecule has 1 aromatic rings. The van der Waals surface area contributed by atoms with E-state index < -0.39 is 0 Å². The number of nitrogens with one attached hydrogen (secondary N) is 1. The van der Waals surface area contributed by atoms with Gasteiger partial charge >= 0.3 is 0 Å². The third kappa shape index (κ3) is 3.78. The Morgan fingerprint density at radius 2 is 2.14 bits per heavy atom. The maximum absolute atomic E-state index is 12.4. The number of rotatable bonds is 4. The molecule has 21 heavy (non-hydrogen) atoms. The van der Waals surface area contributed by atoms with Crippen LogP contribution in [0, 0.1) is 0 Å². The van der Waals surface area contributed by atoms with Gasteiger partial charge in [0, 0.05) is 18.9 Å². The molecule has 1 N–H and O–H groups in total. The number of carbonyl (C=O) groups is 2. The zero-order valence-electron chi connectivity index (χ0n) is 12.8. The largest absolute Gasteiger partial charge is 0.331 e. The Kier molecular flexibility index (Phi) is 5.27. The van der Waals surface area contributed by atoms with Crippen molar-refractivity contribution in [3.8, 4) is 0 Å². The summed E-state index contributed by atoms with van der Waals surface area (Å²) in [4.78, 5) is 26.1. The summed E-state index contributed by atoms with van der Waals surface area (Å²) in [5, 5.41) is 12.3. The lowest BCUT2D eigenvalue weighted by Gasteiger charge is -2.34. The lowest BCUT2D eigenvalue weighted by Crippen LogP contribution is -2.49. The molecule has 1 atom stereocenters. The first kappa shape index (κ1) is 15.9. The summed E-state index contributed by atoms with van der Waals surface area (Å²) in [6, 6.07) is -0.377. The summed E-state index contributed by atoms with van der Waals surface area (Å²) in [5.74, 6) is 0.180. The van der Waals surface area contributed by atoms with Crippen LogP contribution < -0.4 is 5.32 Å². The van der Waals surface area contributed by atoms with Crippen LogP contribution in [-0.4, -0.2) is 39.5 Å². The molecule has 0 unspecified atom stereocenters. The van der Waals surface area contributed by atoms with Crippen molar-refractivity contribution >= 4 is 28.3 Å². The number of anilines is 1. The van der Waals surface area contributed by atoms with Gasteiger partial charge in [0.1, 0.15) is 11.0 Å². The van der Waals surface area contributed by atoms with Crippen molar-refractivity contribution in [3.05, 3.63) is 5.01 Å². The fourth-order valence-electron chi connectivity index (χ4n) is 2.41.